The minimum Gasteiger partial charge on any atom is -0.396 e. The number of nitrogens with zero attached hydrogens (tertiary/aromatic N) is 1. The first-order valence-electron chi connectivity index (χ1n) is 6.32. The highest BCUT2D eigenvalue weighted by molar-refractivity contribution is 9.10. The third-order valence-electron chi connectivity index (χ3n) is 2.94. The molecule has 0 aromatic heterocycles. The maximum absolute atomic E-state index is 9.56. The molecule has 4 heteroatoms. The van der Waals surface area contributed by atoms with Crippen LogP contribution in [0.4, 0.5) is 5.69 Å². The average molecular weight is 316 g/mol. The molecule has 0 fully saturated rings. The minimum absolute atomic E-state index is 0.201. The number of halogens is 1. The van der Waals surface area contributed by atoms with Crippen LogP contribution >= 0.6 is 15.9 Å². The molecule has 1 aromatic rings. The molecule has 0 spiro atoms. The number of benzene rings is 1. The fraction of sp³-hybridized carbons (Fsp3) is 0.571. The summed E-state index contributed by atoms with van der Waals surface area (Å²) in [7, 11) is 0. The quantitative estimate of drug-likeness (QED) is 0.847. The minimum atomic E-state index is -0.458. The Bertz CT molecular complexity index is 380. The summed E-state index contributed by atoms with van der Waals surface area (Å²) < 4.78 is 0.979. The highest BCUT2D eigenvalue weighted by Crippen LogP contribution is 2.30. The number of aliphatic hydroxyl groups excluding tert-OH is 2. The van der Waals surface area contributed by atoms with Crippen molar-refractivity contribution in [2.45, 2.75) is 39.3 Å². The lowest BCUT2D eigenvalue weighted by molar-refractivity contribution is 0.199. The van der Waals surface area contributed by atoms with E-state index < -0.39 is 6.10 Å². The number of anilines is 1. The largest absolute Gasteiger partial charge is 0.396 e. The molecular weight excluding hydrogens is 294 g/mol. The molecule has 0 bridgehead atoms. The van der Waals surface area contributed by atoms with E-state index in [1.165, 1.54) is 0 Å². The molecule has 0 aliphatic heterocycles. The summed E-state index contributed by atoms with van der Waals surface area (Å²) in [6.07, 6.45) is 0.295. The van der Waals surface area contributed by atoms with Crippen molar-refractivity contribution in [2.24, 2.45) is 0 Å². The Kier molecular flexibility index (Phi) is 6.12. The summed E-state index contributed by atoms with van der Waals surface area (Å²) in [5.41, 5.74) is 2.00. The second kappa shape index (κ2) is 7.12. The van der Waals surface area contributed by atoms with E-state index in [0.717, 1.165) is 28.7 Å². The van der Waals surface area contributed by atoms with E-state index in [2.05, 4.69) is 34.7 Å². The lowest BCUT2D eigenvalue weighted by atomic mass is 10.1. The molecule has 3 nitrogen and oxygen atoms in total. The van der Waals surface area contributed by atoms with E-state index in [0.29, 0.717) is 6.04 Å². The van der Waals surface area contributed by atoms with E-state index in [-0.39, 0.29) is 6.61 Å². The molecule has 0 unspecified atom stereocenters. The molecule has 0 saturated carbocycles. The van der Waals surface area contributed by atoms with Gasteiger partial charge in [0.2, 0.25) is 0 Å². The van der Waals surface area contributed by atoms with Crippen LogP contribution in [-0.4, -0.2) is 29.4 Å². The van der Waals surface area contributed by atoms with Crippen molar-refractivity contribution in [3.8, 4) is 0 Å². The molecule has 102 valence electrons. The van der Waals surface area contributed by atoms with Gasteiger partial charge in [-0.3, -0.25) is 0 Å². The molecule has 18 heavy (non-hydrogen) atoms. The van der Waals surface area contributed by atoms with Crippen molar-refractivity contribution in [2.75, 3.05) is 18.1 Å². The normalized spacial score (nSPS) is 12.8. The highest BCUT2D eigenvalue weighted by atomic mass is 79.9. The van der Waals surface area contributed by atoms with Crippen LogP contribution < -0.4 is 4.90 Å². The first kappa shape index (κ1) is 15.5. The van der Waals surface area contributed by atoms with Gasteiger partial charge in [-0.15, -0.1) is 0 Å². The van der Waals surface area contributed by atoms with Gasteiger partial charge in [0.15, 0.2) is 0 Å². The van der Waals surface area contributed by atoms with Crippen molar-refractivity contribution < 1.29 is 10.2 Å². The second-order valence-corrected chi connectivity index (χ2v) is 5.61. The zero-order chi connectivity index (χ0) is 13.7. The summed E-state index contributed by atoms with van der Waals surface area (Å²) in [5, 5.41) is 18.5. The monoisotopic (exact) mass is 315 g/mol. The van der Waals surface area contributed by atoms with Crippen molar-refractivity contribution in [1.82, 2.24) is 0 Å². The molecule has 1 atom stereocenters. The number of rotatable bonds is 6. The summed E-state index contributed by atoms with van der Waals surface area (Å²) in [4.78, 5) is 2.24. The average Bonchev–Trinajstić information content (AvgIpc) is 2.30. The Morgan fingerprint density at radius 3 is 2.39 bits per heavy atom. The number of aliphatic hydroxyl groups is 2. The predicted molar refractivity (Wildman–Crippen MR) is 79.0 cm³/mol. The van der Waals surface area contributed by atoms with Gasteiger partial charge in [0.1, 0.15) is 0 Å². The predicted octanol–water partition coefficient (Wildman–Crippen LogP) is 3.10. The fourth-order valence-corrected chi connectivity index (χ4v) is 2.54. The standard InChI is InChI=1S/C14H22BrNO2/c1-10(2)16(7-4-8-17)14-6-5-12(11(3)18)9-13(14)15/h5-6,9-11,17-18H,4,7-8H2,1-3H3/t11-/m1/s1. The Morgan fingerprint density at radius 2 is 1.94 bits per heavy atom. The van der Waals surface area contributed by atoms with Crippen LogP contribution in [0.25, 0.3) is 0 Å². The molecule has 0 aliphatic carbocycles. The first-order valence-corrected chi connectivity index (χ1v) is 7.11. The van der Waals surface area contributed by atoms with Crippen LogP contribution in [0.2, 0.25) is 0 Å². The van der Waals surface area contributed by atoms with Crippen molar-refractivity contribution >= 4 is 21.6 Å². The van der Waals surface area contributed by atoms with Crippen LogP contribution in [0.15, 0.2) is 22.7 Å². The van der Waals surface area contributed by atoms with Crippen LogP contribution in [0, 0.1) is 0 Å². The summed E-state index contributed by atoms with van der Waals surface area (Å²) in [6.45, 7) is 7.04. The molecule has 2 N–H and O–H groups in total. The van der Waals surface area contributed by atoms with Gasteiger partial charge in [-0.1, -0.05) is 6.07 Å². The molecule has 1 rings (SSSR count). The van der Waals surface area contributed by atoms with Gasteiger partial charge in [0.05, 0.1) is 11.8 Å². The van der Waals surface area contributed by atoms with E-state index >= 15 is 0 Å². The topological polar surface area (TPSA) is 43.7 Å². The highest BCUT2D eigenvalue weighted by Gasteiger charge is 2.14. The molecule has 0 amide bonds. The Balaban J connectivity index is 2.98. The van der Waals surface area contributed by atoms with Gasteiger partial charge in [0, 0.05) is 23.7 Å². The Morgan fingerprint density at radius 1 is 1.28 bits per heavy atom. The van der Waals surface area contributed by atoms with Crippen LogP contribution in [0.3, 0.4) is 0 Å². The lowest BCUT2D eigenvalue weighted by Gasteiger charge is -2.30. The first-order chi connectivity index (χ1) is 8.47. The SMILES string of the molecule is CC(C)N(CCCO)c1ccc([C@@H](C)O)cc1Br. The molecule has 0 aliphatic rings. The van der Waals surface area contributed by atoms with Crippen molar-refractivity contribution in [3.05, 3.63) is 28.2 Å². The third kappa shape index (κ3) is 3.97. The lowest BCUT2D eigenvalue weighted by Crippen LogP contribution is -2.32. The summed E-state index contributed by atoms with van der Waals surface area (Å²) >= 11 is 3.56. The molecule has 0 saturated heterocycles. The number of hydrogen-bond donors (Lipinski definition) is 2. The fourth-order valence-electron chi connectivity index (χ4n) is 1.91. The third-order valence-corrected chi connectivity index (χ3v) is 3.58. The van der Waals surface area contributed by atoms with Crippen molar-refractivity contribution in [3.63, 3.8) is 0 Å². The maximum Gasteiger partial charge on any atom is 0.0762 e. The van der Waals surface area contributed by atoms with E-state index in [4.69, 9.17) is 5.11 Å². The van der Waals surface area contributed by atoms with Gasteiger partial charge in [-0.2, -0.15) is 0 Å². The van der Waals surface area contributed by atoms with Gasteiger partial charge in [0.25, 0.3) is 0 Å². The van der Waals surface area contributed by atoms with Gasteiger partial charge in [-0.05, 0) is 60.8 Å². The van der Waals surface area contributed by atoms with E-state index in [9.17, 15) is 5.11 Å². The zero-order valence-corrected chi connectivity index (χ0v) is 12.8. The van der Waals surface area contributed by atoms with Gasteiger partial charge >= 0.3 is 0 Å². The van der Waals surface area contributed by atoms with Crippen LogP contribution in [0.5, 0.6) is 0 Å². The molecule has 0 heterocycles. The Hall–Kier alpha value is -0.580. The molecule has 0 radical (unpaired) electrons. The smallest absolute Gasteiger partial charge is 0.0762 e. The Labute approximate surface area is 118 Å². The van der Waals surface area contributed by atoms with Gasteiger partial charge < -0.3 is 15.1 Å². The van der Waals surface area contributed by atoms with E-state index in [1.54, 1.807) is 6.92 Å². The van der Waals surface area contributed by atoms with E-state index in [1.807, 2.05) is 18.2 Å². The van der Waals surface area contributed by atoms with Crippen LogP contribution in [0.1, 0.15) is 38.9 Å². The maximum atomic E-state index is 9.56. The number of hydrogen-bond acceptors (Lipinski definition) is 3. The second-order valence-electron chi connectivity index (χ2n) is 4.75. The molecule has 1 aromatic carbocycles. The van der Waals surface area contributed by atoms with Gasteiger partial charge in [-0.25, -0.2) is 0 Å². The zero-order valence-electron chi connectivity index (χ0n) is 11.2. The molecular formula is C14H22BrNO2. The van der Waals surface area contributed by atoms with Crippen LogP contribution in [-0.2, 0) is 0 Å². The summed E-state index contributed by atoms with van der Waals surface area (Å²) in [5.74, 6) is 0. The summed E-state index contributed by atoms with van der Waals surface area (Å²) in [6, 6.07) is 6.28. The van der Waals surface area contributed by atoms with Crippen molar-refractivity contribution in [1.29, 1.82) is 0 Å².